The number of hydrogen-bond acceptors (Lipinski definition) is 4. The highest BCUT2D eigenvalue weighted by molar-refractivity contribution is 6.03. The van der Waals surface area contributed by atoms with Gasteiger partial charge in [0.2, 0.25) is 5.95 Å². The second-order valence-electron chi connectivity index (χ2n) is 6.21. The van der Waals surface area contributed by atoms with Crippen molar-refractivity contribution < 1.29 is 4.79 Å². The molecule has 0 saturated carbocycles. The van der Waals surface area contributed by atoms with Crippen LogP contribution in [0.15, 0.2) is 30.5 Å². The first-order valence-electron chi connectivity index (χ1n) is 7.89. The van der Waals surface area contributed by atoms with Gasteiger partial charge in [-0.15, -0.1) is 0 Å². The van der Waals surface area contributed by atoms with Crippen molar-refractivity contribution in [1.29, 1.82) is 0 Å². The zero-order chi connectivity index (χ0) is 17.0. The summed E-state index contributed by atoms with van der Waals surface area (Å²) in [6, 6.07) is 7.87. The third-order valence-corrected chi connectivity index (χ3v) is 3.47. The number of anilines is 2. The highest BCUT2D eigenvalue weighted by atomic mass is 16.1. The number of amides is 1. The van der Waals surface area contributed by atoms with Gasteiger partial charge in [-0.2, -0.15) is 0 Å². The molecule has 0 aliphatic heterocycles. The molecule has 0 aliphatic carbocycles. The fraction of sp³-hybridized carbons (Fsp3) is 0.389. The summed E-state index contributed by atoms with van der Waals surface area (Å²) in [7, 11) is 0. The van der Waals surface area contributed by atoms with E-state index in [0.29, 0.717) is 17.6 Å². The van der Waals surface area contributed by atoms with E-state index in [4.69, 9.17) is 0 Å². The molecule has 0 aliphatic rings. The number of carbonyl (C=O) groups excluding carboxylic acids is 1. The van der Waals surface area contributed by atoms with E-state index in [2.05, 4.69) is 34.4 Å². The van der Waals surface area contributed by atoms with Crippen molar-refractivity contribution in [2.75, 3.05) is 10.6 Å². The molecule has 122 valence electrons. The predicted octanol–water partition coefficient (Wildman–Crippen LogP) is 3.98. The number of nitrogens with zero attached hydrogens (tertiary/aromatic N) is 2. The molecule has 1 amide bonds. The van der Waals surface area contributed by atoms with Crippen LogP contribution in [0.5, 0.6) is 0 Å². The van der Waals surface area contributed by atoms with Crippen LogP contribution >= 0.6 is 0 Å². The summed E-state index contributed by atoms with van der Waals surface area (Å²) in [6.45, 7) is 10.2. The van der Waals surface area contributed by atoms with Crippen molar-refractivity contribution in [3.63, 3.8) is 0 Å². The quantitative estimate of drug-likeness (QED) is 0.876. The van der Waals surface area contributed by atoms with Gasteiger partial charge >= 0.3 is 0 Å². The van der Waals surface area contributed by atoms with Crippen molar-refractivity contribution in [1.82, 2.24) is 9.97 Å². The van der Waals surface area contributed by atoms with Gasteiger partial charge in [-0.1, -0.05) is 32.0 Å². The molecule has 0 radical (unpaired) electrons. The van der Waals surface area contributed by atoms with E-state index in [1.165, 1.54) is 0 Å². The van der Waals surface area contributed by atoms with Gasteiger partial charge in [0.25, 0.3) is 5.91 Å². The third-order valence-electron chi connectivity index (χ3n) is 3.47. The van der Waals surface area contributed by atoms with Crippen LogP contribution in [0.4, 0.5) is 11.6 Å². The number of carbonyl (C=O) groups is 1. The largest absolute Gasteiger partial charge is 0.352 e. The van der Waals surface area contributed by atoms with Gasteiger partial charge in [0.1, 0.15) is 5.69 Å². The molecule has 1 heterocycles. The van der Waals surface area contributed by atoms with Gasteiger partial charge in [-0.05, 0) is 43.9 Å². The molecular formula is C18H24N4O. The lowest BCUT2D eigenvalue weighted by Gasteiger charge is -2.16. The molecule has 5 nitrogen and oxygen atoms in total. The third kappa shape index (κ3) is 4.28. The molecule has 0 bridgehead atoms. The van der Waals surface area contributed by atoms with E-state index in [1.54, 1.807) is 12.3 Å². The van der Waals surface area contributed by atoms with Crippen molar-refractivity contribution in [3.05, 3.63) is 47.3 Å². The van der Waals surface area contributed by atoms with Crippen molar-refractivity contribution in [2.24, 2.45) is 0 Å². The Kier molecular flexibility index (Phi) is 5.32. The Hall–Kier alpha value is -2.43. The number of aromatic nitrogens is 2. The average Bonchev–Trinajstić information content (AvgIpc) is 2.48. The van der Waals surface area contributed by atoms with Crippen LogP contribution in [0.1, 0.15) is 55.2 Å². The summed E-state index contributed by atoms with van der Waals surface area (Å²) in [5.41, 5.74) is 3.37. The minimum absolute atomic E-state index is 0.206. The predicted molar refractivity (Wildman–Crippen MR) is 94.0 cm³/mol. The van der Waals surface area contributed by atoms with E-state index >= 15 is 0 Å². The summed E-state index contributed by atoms with van der Waals surface area (Å²) >= 11 is 0. The Morgan fingerprint density at radius 1 is 1.13 bits per heavy atom. The monoisotopic (exact) mass is 312 g/mol. The minimum atomic E-state index is -0.226. The molecule has 1 aromatic heterocycles. The fourth-order valence-electron chi connectivity index (χ4n) is 2.33. The summed E-state index contributed by atoms with van der Waals surface area (Å²) in [6.07, 6.45) is 1.59. The Bertz CT molecular complexity index is 695. The van der Waals surface area contributed by atoms with Crippen LogP contribution in [0.25, 0.3) is 0 Å². The van der Waals surface area contributed by atoms with Gasteiger partial charge in [-0.25, -0.2) is 9.97 Å². The van der Waals surface area contributed by atoms with Gasteiger partial charge in [0.15, 0.2) is 0 Å². The first-order valence-corrected chi connectivity index (χ1v) is 7.89. The molecule has 0 saturated heterocycles. The van der Waals surface area contributed by atoms with Gasteiger partial charge < -0.3 is 10.6 Å². The summed E-state index contributed by atoms with van der Waals surface area (Å²) in [4.78, 5) is 21.0. The topological polar surface area (TPSA) is 66.9 Å². The van der Waals surface area contributed by atoms with Crippen LogP contribution in [0, 0.1) is 6.92 Å². The lowest BCUT2D eigenvalue weighted by atomic mass is 9.98. The first kappa shape index (κ1) is 16.9. The van der Waals surface area contributed by atoms with Crippen LogP contribution in [0.3, 0.4) is 0 Å². The molecule has 0 fully saturated rings. The maximum Gasteiger partial charge on any atom is 0.274 e. The van der Waals surface area contributed by atoms with E-state index < -0.39 is 0 Å². The molecule has 2 N–H and O–H groups in total. The highest BCUT2D eigenvalue weighted by Crippen LogP contribution is 2.27. The average molecular weight is 312 g/mol. The van der Waals surface area contributed by atoms with Crippen LogP contribution in [-0.2, 0) is 0 Å². The second kappa shape index (κ2) is 7.22. The molecule has 23 heavy (non-hydrogen) atoms. The van der Waals surface area contributed by atoms with Crippen LogP contribution < -0.4 is 10.6 Å². The van der Waals surface area contributed by atoms with E-state index in [9.17, 15) is 4.79 Å². The van der Waals surface area contributed by atoms with Gasteiger partial charge in [-0.3, -0.25) is 4.79 Å². The standard InChI is InChI=1S/C18H24N4O/c1-11(2)14-8-6-7-13(5)16(14)22-17(23)15-9-10-19-18(21-15)20-12(3)4/h6-12H,1-5H3,(H,22,23)(H,19,20,21). The summed E-state index contributed by atoms with van der Waals surface area (Å²) in [5, 5.41) is 6.10. The Labute approximate surface area is 137 Å². The fourth-order valence-corrected chi connectivity index (χ4v) is 2.33. The normalized spacial score (nSPS) is 10.9. The summed E-state index contributed by atoms with van der Waals surface area (Å²) in [5.74, 6) is 0.561. The number of benzene rings is 1. The smallest absolute Gasteiger partial charge is 0.274 e. The highest BCUT2D eigenvalue weighted by Gasteiger charge is 2.15. The van der Waals surface area contributed by atoms with E-state index in [-0.39, 0.29) is 11.9 Å². The van der Waals surface area contributed by atoms with Crippen molar-refractivity contribution in [2.45, 2.75) is 46.6 Å². The van der Waals surface area contributed by atoms with Gasteiger partial charge in [0.05, 0.1) is 0 Å². The lowest BCUT2D eigenvalue weighted by molar-refractivity contribution is 0.102. The molecule has 2 aromatic rings. The number of rotatable bonds is 5. The van der Waals surface area contributed by atoms with Crippen LogP contribution in [-0.4, -0.2) is 21.9 Å². The molecule has 1 aromatic carbocycles. The molecule has 5 heteroatoms. The number of aryl methyl sites for hydroxylation is 1. The van der Waals surface area contributed by atoms with Gasteiger partial charge in [0, 0.05) is 17.9 Å². The zero-order valence-electron chi connectivity index (χ0n) is 14.3. The second-order valence-corrected chi connectivity index (χ2v) is 6.21. The number of para-hydroxylation sites is 1. The Morgan fingerprint density at radius 2 is 1.87 bits per heavy atom. The minimum Gasteiger partial charge on any atom is -0.352 e. The van der Waals surface area contributed by atoms with E-state index in [0.717, 1.165) is 16.8 Å². The maximum atomic E-state index is 12.5. The molecule has 0 spiro atoms. The Morgan fingerprint density at radius 3 is 2.52 bits per heavy atom. The summed E-state index contributed by atoms with van der Waals surface area (Å²) < 4.78 is 0. The Balaban J connectivity index is 2.26. The van der Waals surface area contributed by atoms with Crippen molar-refractivity contribution >= 4 is 17.5 Å². The first-order chi connectivity index (χ1) is 10.9. The molecular weight excluding hydrogens is 288 g/mol. The molecule has 0 unspecified atom stereocenters. The maximum absolute atomic E-state index is 12.5. The lowest BCUT2D eigenvalue weighted by Crippen LogP contribution is -2.18. The zero-order valence-corrected chi connectivity index (χ0v) is 14.3. The number of nitrogens with one attached hydrogen (secondary N) is 2. The molecule has 0 atom stereocenters. The van der Waals surface area contributed by atoms with Crippen molar-refractivity contribution in [3.8, 4) is 0 Å². The van der Waals surface area contributed by atoms with Crippen LogP contribution in [0.2, 0.25) is 0 Å². The SMILES string of the molecule is Cc1cccc(C(C)C)c1NC(=O)c1ccnc(NC(C)C)n1. The van der Waals surface area contributed by atoms with E-state index in [1.807, 2.05) is 39.0 Å². The molecule has 2 rings (SSSR count). The number of hydrogen-bond donors (Lipinski definition) is 2.